The zero-order chi connectivity index (χ0) is 40.6. The minimum Gasteiger partial charge on any atom is -0.507 e. The van der Waals surface area contributed by atoms with Gasteiger partial charge in [0.2, 0.25) is 17.3 Å². The summed E-state index contributed by atoms with van der Waals surface area (Å²) in [4.78, 5) is 74.9. The van der Waals surface area contributed by atoms with Gasteiger partial charge in [0.1, 0.15) is 29.8 Å². The number of carbonyl (C=O) groups excluding carboxylic acids is 5. The third-order valence-corrected chi connectivity index (χ3v) is 11.4. The third-order valence-electron chi connectivity index (χ3n) is 11.4. The van der Waals surface area contributed by atoms with Gasteiger partial charge in [-0.15, -0.1) is 0 Å². The molecule has 0 amide bonds. The Morgan fingerprint density at radius 2 is 1.68 bits per heavy atom. The second kappa shape index (κ2) is 14.1. The molecule has 3 aliphatic carbocycles. The number of aliphatic hydroxyl groups excluding tert-OH is 3. The van der Waals surface area contributed by atoms with Crippen molar-refractivity contribution < 1.29 is 73.6 Å². The van der Waals surface area contributed by atoms with Crippen molar-refractivity contribution in [1.82, 2.24) is 0 Å². The van der Waals surface area contributed by atoms with Crippen LogP contribution in [0.4, 0.5) is 0 Å². The SMILES string of the molecule is CO[C@H]1[C@H](C)OC(N=C2CC(=O)c3c(cc4c(c3O)C(=O)[C@]3(OC)[C@H](O)Cc5cc(C)c(C(=O)OCc6ccccc6)c(O)c5[C@]3(O)C4=O)C2=O)C(CO)[C@@H]1O. The van der Waals surface area contributed by atoms with E-state index in [2.05, 4.69) is 4.99 Å². The average molecular weight is 774 g/mol. The van der Waals surface area contributed by atoms with Crippen LogP contribution in [0.3, 0.4) is 0 Å². The Morgan fingerprint density at radius 3 is 2.32 bits per heavy atom. The van der Waals surface area contributed by atoms with Gasteiger partial charge in [0.25, 0.3) is 0 Å². The highest BCUT2D eigenvalue weighted by atomic mass is 16.6. The van der Waals surface area contributed by atoms with Gasteiger partial charge in [-0.1, -0.05) is 36.4 Å². The van der Waals surface area contributed by atoms with Crippen molar-refractivity contribution in [2.75, 3.05) is 20.8 Å². The molecule has 1 aliphatic heterocycles. The lowest BCUT2D eigenvalue weighted by Crippen LogP contribution is -2.73. The summed E-state index contributed by atoms with van der Waals surface area (Å²) in [5, 5.41) is 68.5. The lowest BCUT2D eigenvalue weighted by molar-refractivity contribution is -0.206. The average Bonchev–Trinajstić information content (AvgIpc) is 3.15. The summed E-state index contributed by atoms with van der Waals surface area (Å²) in [6, 6.07) is 10.8. The van der Waals surface area contributed by atoms with Gasteiger partial charge in [0.05, 0.1) is 54.1 Å². The van der Waals surface area contributed by atoms with E-state index in [1.165, 1.54) is 20.1 Å². The minimum atomic E-state index is -3.28. The number of Topliss-reactive ketones (excluding diaryl/α,β-unsaturated/α-hetero) is 4. The molecule has 4 aliphatic rings. The molecule has 3 aromatic rings. The van der Waals surface area contributed by atoms with E-state index in [9.17, 15) is 54.6 Å². The van der Waals surface area contributed by atoms with E-state index in [-0.39, 0.29) is 17.7 Å². The first-order chi connectivity index (χ1) is 26.6. The van der Waals surface area contributed by atoms with Crippen molar-refractivity contribution in [3.63, 3.8) is 0 Å². The van der Waals surface area contributed by atoms with E-state index in [4.69, 9.17) is 18.9 Å². The van der Waals surface area contributed by atoms with Gasteiger partial charge < -0.3 is 49.6 Å². The molecule has 0 saturated carbocycles. The van der Waals surface area contributed by atoms with E-state index < -0.39 is 147 Å². The second-order valence-electron chi connectivity index (χ2n) is 14.4. The molecule has 6 N–H and O–H groups in total. The molecule has 2 unspecified atom stereocenters. The number of ether oxygens (including phenoxy) is 4. The zero-order valence-corrected chi connectivity index (χ0v) is 30.6. The molecule has 16 heteroatoms. The Labute approximate surface area is 318 Å². The van der Waals surface area contributed by atoms with Crippen LogP contribution in [-0.2, 0) is 37.6 Å². The fourth-order valence-corrected chi connectivity index (χ4v) is 8.64. The third kappa shape index (κ3) is 5.39. The lowest BCUT2D eigenvalue weighted by atomic mass is 9.56. The summed E-state index contributed by atoms with van der Waals surface area (Å²) in [7, 11) is 2.26. The summed E-state index contributed by atoms with van der Waals surface area (Å²) < 4.78 is 22.1. The number of aromatic hydroxyl groups is 2. The number of hydrogen-bond acceptors (Lipinski definition) is 16. The molecule has 294 valence electrons. The molecule has 0 spiro atoms. The number of methoxy groups -OCH3 is 2. The molecule has 3 aromatic carbocycles. The second-order valence-corrected chi connectivity index (χ2v) is 14.4. The van der Waals surface area contributed by atoms with Gasteiger partial charge in [-0.25, -0.2) is 4.79 Å². The van der Waals surface area contributed by atoms with E-state index in [1.54, 1.807) is 37.3 Å². The van der Waals surface area contributed by atoms with Gasteiger partial charge in [0, 0.05) is 37.3 Å². The summed E-state index contributed by atoms with van der Waals surface area (Å²) in [5.41, 5.74) is -9.73. The summed E-state index contributed by atoms with van der Waals surface area (Å²) >= 11 is 0. The number of carbonyl (C=O) groups is 5. The first kappa shape index (κ1) is 39.1. The van der Waals surface area contributed by atoms with Gasteiger partial charge in [-0.2, -0.15) is 0 Å². The van der Waals surface area contributed by atoms with E-state index in [0.29, 0.717) is 5.56 Å². The number of ketones is 4. The Bertz CT molecular complexity index is 2230. The summed E-state index contributed by atoms with van der Waals surface area (Å²) in [6.45, 7) is 2.20. The number of hydrogen-bond donors (Lipinski definition) is 6. The Morgan fingerprint density at radius 1 is 0.982 bits per heavy atom. The molecular weight excluding hydrogens is 734 g/mol. The van der Waals surface area contributed by atoms with Gasteiger partial charge in [-0.05, 0) is 36.6 Å². The predicted molar refractivity (Wildman–Crippen MR) is 191 cm³/mol. The number of rotatable bonds is 7. The van der Waals surface area contributed by atoms with Gasteiger partial charge in [0.15, 0.2) is 23.2 Å². The first-order valence-corrected chi connectivity index (χ1v) is 17.7. The van der Waals surface area contributed by atoms with E-state index in [0.717, 1.165) is 13.2 Å². The Kier molecular flexibility index (Phi) is 9.81. The minimum absolute atomic E-state index is 0.0206. The predicted octanol–water partition coefficient (Wildman–Crippen LogP) is 1.27. The number of aryl methyl sites for hydroxylation is 1. The molecule has 16 nitrogen and oxygen atoms in total. The van der Waals surface area contributed by atoms with Gasteiger partial charge in [-0.3, -0.25) is 24.2 Å². The molecule has 0 radical (unpaired) electrons. The number of nitrogens with zero attached hydrogens (tertiary/aromatic N) is 1. The number of benzene rings is 3. The molecule has 0 bridgehead atoms. The van der Waals surface area contributed by atoms with Crippen molar-refractivity contribution >= 4 is 34.8 Å². The van der Waals surface area contributed by atoms with Crippen LogP contribution < -0.4 is 0 Å². The van der Waals surface area contributed by atoms with Crippen LogP contribution in [0, 0.1) is 12.8 Å². The number of phenols is 2. The van der Waals surface area contributed by atoms with Crippen LogP contribution in [0.25, 0.3) is 0 Å². The highest BCUT2D eigenvalue weighted by molar-refractivity contribution is 6.53. The molecule has 1 fully saturated rings. The van der Waals surface area contributed by atoms with Crippen molar-refractivity contribution in [3.8, 4) is 11.5 Å². The fraction of sp³-hybridized carbons (Fsp3) is 0.400. The van der Waals surface area contributed by atoms with Crippen LogP contribution >= 0.6 is 0 Å². The van der Waals surface area contributed by atoms with Crippen LogP contribution in [-0.4, -0.2) is 123 Å². The quantitative estimate of drug-likeness (QED) is 0.185. The number of esters is 1. The Hall–Kier alpha value is -5.20. The largest absolute Gasteiger partial charge is 0.507 e. The topological polar surface area (TPSA) is 256 Å². The van der Waals surface area contributed by atoms with Gasteiger partial charge >= 0.3 is 5.97 Å². The van der Waals surface area contributed by atoms with Crippen molar-refractivity contribution in [1.29, 1.82) is 0 Å². The molecule has 1 saturated heterocycles. The monoisotopic (exact) mass is 773 g/mol. The van der Waals surface area contributed by atoms with Crippen molar-refractivity contribution in [2.45, 2.75) is 75.1 Å². The highest BCUT2D eigenvalue weighted by Gasteiger charge is 2.72. The van der Waals surface area contributed by atoms with E-state index >= 15 is 0 Å². The van der Waals surface area contributed by atoms with Crippen molar-refractivity contribution in [2.24, 2.45) is 10.9 Å². The van der Waals surface area contributed by atoms with Crippen LogP contribution in [0.5, 0.6) is 11.5 Å². The molecule has 8 atom stereocenters. The molecule has 1 heterocycles. The smallest absolute Gasteiger partial charge is 0.342 e. The molecule has 7 rings (SSSR count). The zero-order valence-electron chi connectivity index (χ0n) is 30.6. The molecule has 0 aromatic heterocycles. The normalized spacial score (nSPS) is 30.4. The molecule has 56 heavy (non-hydrogen) atoms. The number of fused-ring (bicyclic) bond motifs is 5. The Balaban J connectivity index is 1.36. The maximum absolute atomic E-state index is 14.8. The standard InChI is InChI=1S/C40H39NO15/c1-16-10-19-11-25(44)40(54-4)36(50)28-21(35(49)39(40,52)29(19)33(48)26(16)38(51)55-15-18-8-6-5-7-9-18)12-20-27(32(28)47)24(43)13-23(30(20)45)41-37-22(14-42)31(46)34(53-3)17(2)56-37/h5-10,12,17,22,25,31,34,37,42,44,46-48,52H,11,13-15H2,1-4H3/t17-,22?,25+,31-,34-,37?,39-,40+/m0/s1. The number of aliphatic hydroxyl groups is 4. The first-order valence-electron chi connectivity index (χ1n) is 17.7. The summed E-state index contributed by atoms with van der Waals surface area (Å²) in [6.07, 6.45) is -7.35. The van der Waals surface area contributed by atoms with Crippen molar-refractivity contribution in [3.05, 3.63) is 92.5 Å². The van der Waals surface area contributed by atoms with Crippen LogP contribution in [0.15, 0.2) is 47.5 Å². The summed E-state index contributed by atoms with van der Waals surface area (Å²) in [5.74, 6) is -8.76. The highest BCUT2D eigenvalue weighted by Crippen LogP contribution is 2.56. The van der Waals surface area contributed by atoms with Crippen LogP contribution in [0.1, 0.15) is 87.4 Å². The van der Waals surface area contributed by atoms with Crippen LogP contribution in [0.2, 0.25) is 0 Å². The maximum atomic E-state index is 14.8. The lowest BCUT2D eigenvalue weighted by Gasteiger charge is -2.52. The maximum Gasteiger partial charge on any atom is 0.342 e. The number of phenolic OH excluding ortho intramolecular Hbond substituents is 2. The fourth-order valence-electron chi connectivity index (χ4n) is 8.64. The number of aliphatic imine (C=N–C) groups is 1. The molecular formula is C40H39NO15. The van der Waals surface area contributed by atoms with E-state index in [1.807, 2.05) is 0 Å².